The number of carbonyl (C=O) groups is 1. The number of nitrogens with one attached hydrogen (secondary N) is 1. The second kappa shape index (κ2) is 4.77. The van der Waals surface area contributed by atoms with Gasteiger partial charge in [0, 0.05) is 0 Å². The molecule has 7 heteroatoms. The lowest BCUT2D eigenvalue weighted by atomic mass is 10.0. The molecule has 1 aliphatic rings. The van der Waals surface area contributed by atoms with Crippen molar-refractivity contribution < 1.29 is 4.79 Å². The first-order chi connectivity index (χ1) is 8.83. The molecule has 0 aliphatic heterocycles. The van der Waals surface area contributed by atoms with Gasteiger partial charge in [-0.1, -0.05) is 11.3 Å². The summed E-state index contributed by atoms with van der Waals surface area (Å²) in [6.45, 7) is 0. The van der Waals surface area contributed by atoms with Crippen molar-refractivity contribution in [1.29, 1.82) is 0 Å². The topological polar surface area (TPSA) is 80.7 Å². The normalized spacial score (nSPS) is 14.0. The highest BCUT2D eigenvalue weighted by molar-refractivity contribution is 7.13. The minimum absolute atomic E-state index is 0.285. The molecular formula is C11H11N5OS. The predicted molar refractivity (Wildman–Crippen MR) is 66.5 cm³/mol. The van der Waals surface area contributed by atoms with Crippen LogP contribution < -0.4 is 5.32 Å². The smallest absolute Gasteiger partial charge is 0.277 e. The Bertz CT molecular complexity index is 569. The van der Waals surface area contributed by atoms with Crippen LogP contribution in [0.2, 0.25) is 0 Å². The molecule has 2 aromatic heterocycles. The molecule has 0 aromatic carbocycles. The lowest BCUT2D eigenvalue weighted by Gasteiger charge is -2.13. The fraction of sp³-hybridized carbons (Fsp3) is 0.364. The lowest BCUT2D eigenvalue weighted by molar-refractivity contribution is 0.102. The number of nitrogens with zero attached hydrogens (tertiary/aromatic N) is 4. The van der Waals surface area contributed by atoms with Gasteiger partial charge in [-0.3, -0.25) is 15.1 Å². The maximum absolute atomic E-state index is 11.9. The summed E-state index contributed by atoms with van der Waals surface area (Å²) < 4.78 is 0. The third kappa shape index (κ3) is 2.21. The SMILES string of the molecule is O=C(Nc1nncs1)c1cnc2c(n1)CCCC2. The molecule has 18 heavy (non-hydrogen) atoms. The summed E-state index contributed by atoms with van der Waals surface area (Å²) in [6.07, 6.45) is 5.66. The Morgan fingerprint density at radius 3 is 2.89 bits per heavy atom. The van der Waals surface area contributed by atoms with Crippen LogP contribution in [0.4, 0.5) is 5.13 Å². The van der Waals surface area contributed by atoms with Crippen molar-refractivity contribution in [3.05, 3.63) is 28.8 Å². The Labute approximate surface area is 108 Å². The largest absolute Gasteiger partial charge is 0.295 e. The summed E-state index contributed by atoms with van der Waals surface area (Å²) in [6, 6.07) is 0. The zero-order valence-corrected chi connectivity index (χ0v) is 10.4. The van der Waals surface area contributed by atoms with Gasteiger partial charge >= 0.3 is 0 Å². The van der Waals surface area contributed by atoms with Crippen LogP contribution in [0.5, 0.6) is 0 Å². The average Bonchev–Trinajstić information content (AvgIpc) is 2.91. The Balaban J connectivity index is 1.81. The van der Waals surface area contributed by atoms with Gasteiger partial charge in [-0.15, -0.1) is 10.2 Å². The van der Waals surface area contributed by atoms with Gasteiger partial charge in [-0.05, 0) is 25.7 Å². The van der Waals surface area contributed by atoms with Gasteiger partial charge in [0.25, 0.3) is 5.91 Å². The minimum atomic E-state index is -0.285. The molecule has 2 heterocycles. The second-order valence-corrected chi connectivity index (χ2v) is 4.89. The lowest BCUT2D eigenvalue weighted by Crippen LogP contribution is -2.17. The van der Waals surface area contributed by atoms with Crippen molar-refractivity contribution >= 4 is 22.4 Å². The maximum atomic E-state index is 11.9. The van der Waals surface area contributed by atoms with Gasteiger partial charge in [0.15, 0.2) is 0 Å². The molecule has 0 fully saturated rings. The molecule has 0 radical (unpaired) electrons. The van der Waals surface area contributed by atoms with E-state index in [-0.39, 0.29) is 5.91 Å². The quantitative estimate of drug-likeness (QED) is 0.885. The monoisotopic (exact) mass is 261 g/mol. The first-order valence-corrected chi connectivity index (χ1v) is 6.63. The Morgan fingerprint density at radius 1 is 1.28 bits per heavy atom. The van der Waals surface area contributed by atoms with Crippen molar-refractivity contribution in [2.24, 2.45) is 0 Å². The van der Waals surface area contributed by atoms with Gasteiger partial charge in [0.1, 0.15) is 11.2 Å². The number of carbonyl (C=O) groups excluding carboxylic acids is 1. The molecular weight excluding hydrogens is 250 g/mol. The molecule has 1 aliphatic carbocycles. The van der Waals surface area contributed by atoms with Crippen LogP contribution in [-0.2, 0) is 12.8 Å². The number of anilines is 1. The summed E-state index contributed by atoms with van der Waals surface area (Å²) in [5, 5.41) is 10.5. The Morgan fingerprint density at radius 2 is 2.11 bits per heavy atom. The number of rotatable bonds is 2. The molecule has 0 spiro atoms. The summed E-state index contributed by atoms with van der Waals surface area (Å²) in [5.41, 5.74) is 3.87. The van der Waals surface area contributed by atoms with Crippen molar-refractivity contribution in [3.63, 3.8) is 0 Å². The van der Waals surface area contributed by atoms with E-state index in [2.05, 4.69) is 25.5 Å². The molecule has 0 saturated heterocycles. The van der Waals surface area contributed by atoms with Crippen molar-refractivity contribution in [1.82, 2.24) is 20.2 Å². The standard InChI is InChI=1S/C11H11N5OS/c17-10(15-11-16-13-6-18-11)9-5-12-7-3-1-2-4-8(7)14-9/h5-6H,1-4H2,(H,15,16,17). The number of hydrogen-bond acceptors (Lipinski definition) is 6. The predicted octanol–water partition coefficient (Wildman–Crippen LogP) is 1.46. The Hall–Kier alpha value is -1.89. The second-order valence-electron chi connectivity index (χ2n) is 4.05. The van der Waals surface area contributed by atoms with E-state index in [1.54, 1.807) is 5.51 Å². The van der Waals surface area contributed by atoms with Crippen molar-refractivity contribution in [2.75, 3.05) is 5.32 Å². The van der Waals surface area contributed by atoms with Crippen LogP contribution in [0.3, 0.4) is 0 Å². The Kier molecular flexibility index (Phi) is 2.97. The summed E-state index contributed by atoms with van der Waals surface area (Å²) in [7, 11) is 0. The molecule has 0 atom stereocenters. The van der Waals surface area contributed by atoms with E-state index in [4.69, 9.17) is 0 Å². The van der Waals surface area contributed by atoms with E-state index in [1.165, 1.54) is 17.5 Å². The molecule has 92 valence electrons. The highest BCUT2D eigenvalue weighted by Crippen LogP contribution is 2.17. The van der Waals surface area contributed by atoms with E-state index in [9.17, 15) is 4.79 Å². The van der Waals surface area contributed by atoms with Gasteiger partial charge < -0.3 is 0 Å². The number of hydrogen-bond donors (Lipinski definition) is 1. The van der Waals surface area contributed by atoms with Gasteiger partial charge in [0.05, 0.1) is 17.6 Å². The third-order valence-corrected chi connectivity index (χ3v) is 3.43. The zero-order valence-electron chi connectivity index (χ0n) is 9.59. The molecule has 0 unspecified atom stereocenters. The van der Waals surface area contributed by atoms with E-state index in [1.807, 2.05) is 0 Å². The molecule has 6 nitrogen and oxygen atoms in total. The van der Waals surface area contributed by atoms with Crippen LogP contribution in [0.15, 0.2) is 11.7 Å². The highest BCUT2D eigenvalue weighted by atomic mass is 32.1. The van der Waals surface area contributed by atoms with Crippen LogP contribution in [0, 0.1) is 0 Å². The van der Waals surface area contributed by atoms with Crippen molar-refractivity contribution in [2.45, 2.75) is 25.7 Å². The first kappa shape index (κ1) is 11.2. The van der Waals surface area contributed by atoms with E-state index < -0.39 is 0 Å². The molecule has 1 amide bonds. The number of fused-ring (bicyclic) bond motifs is 1. The van der Waals surface area contributed by atoms with Crippen LogP contribution >= 0.6 is 11.3 Å². The van der Waals surface area contributed by atoms with Crippen LogP contribution in [0.1, 0.15) is 34.7 Å². The van der Waals surface area contributed by atoms with Crippen LogP contribution in [0.25, 0.3) is 0 Å². The van der Waals surface area contributed by atoms with Crippen molar-refractivity contribution in [3.8, 4) is 0 Å². The fourth-order valence-electron chi connectivity index (χ4n) is 1.94. The maximum Gasteiger partial charge on any atom is 0.277 e. The van der Waals surface area contributed by atoms with Crippen LogP contribution in [-0.4, -0.2) is 26.1 Å². The van der Waals surface area contributed by atoms with E-state index >= 15 is 0 Å². The number of aryl methyl sites for hydroxylation is 2. The summed E-state index contributed by atoms with van der Waals surface area (Å²) in [4.78, 5) is 20.6. The summed E-state index contributed by atoms with van der Waals surface area (Å²) in [5.74, 6) is -0.285. The van der Waals surface area contributed by atoms with Gasteiger partial charge in [-0.25, -0.2) is 4.98 Å². The molecule has 1 N–H and O–H groups in total. The minimum Gasteiger partial charge on any atom is -0.295 e. The first-order valence-electron chi connectivity index (χ1n) is 5.75. The summed E-state index contributed by atoms with van der Waals surface area (Å²) >= 11 is 1.27. The molecule has 0 bridgehead atoms. The zero-order chi connectivity index (χ0) is 12.4. The van der Waals surface area contributed by atoms with E-state index in [0.29, 0.717) is 10.8 Å². The van der Waals surface area contributed by atoms with Gasteiger partial charge in [-0.2, -0.15) is 0 Å². The molecule has 0 saturated carbocycles. The van der Waals surface area contributed by atoms with E-state index in [0.717, 1.165) is 37.1 Å². The fourth-order valence-corrected chi connectivity index (χ4v) is 2.38. The van der Waals surface area contributed by atoms with Gasteiger partial charge in [0.2, 0.25) is 5.13 Å². The molecule has 2 aromatic rings. The average molecular weight is 261 g/mol. The molecule has 3 rings (SSSR count). The highest BCUT2D eigenvalue weighted by Gasteiger charge is 2.16. The third-order valence-electron chi connectivity index (χ3n) is 2.82. The number of aromatic nitrogens is 4. The number of amides is 1.